The summed E-state index contributed by atoms with van der Waals surface area (Å²) in [6, 6.07) is 1.94. The summed E-state index contributed by atoms with van der Waals surface area (Å²) in [7, 11) is 0. The molecule has 0 aliphatic carbocycles. The molecule has 0 atom stereocenters. The second kappa shape index (κ2) is 5.34. The summed E-state index contributed by atoms with van der Waals surface area (Å²) in [5, 5.41) is 2.37. The summed E-state index contributed by atoms with van der Waals surface area (Å²) in [6.45, 7) is 2.78. The zero-order valence-corrected chi connectivity index (χ0v) is 10.2. The zero-order valence-electron chi connectivity index (χ0n) is 10.2. The Bertz CT molecular complexity index is 566. The summed E-state index contributed by atoms with van der Waals surface area (Å²) in [5.74, 6) is -5.69. The Morgan fingerprint density at radius 2 is 1.74 bits per heavy atom. The van der Waals surface area contributed by atoms with E-state index in [1.165, 1.54) is 0 Å². The minimum absolute atomic E-state index is 0.0731. The van der Waals surface area contributed by atoms with Crippen LogP contribution in [0.5, 0.6) is 0 Å². The number of nitrogens with one attached hydrogen (secondary N) is 1. The fraction of sp³-hybridized carbons (Fsp3) is 0.231. The number of benzene rings is 1. The maximum Gasteiger partial charge on any atom is 0.185 e. The Morgan fingerprint density at radius 3 is 2.26 bits per heavy atom. The fourth-order valence-electron chi connectivity index (χ4n) is 1.71. The van der Waals surface area contributed by atoms with E-state index >= 15 is 0 Å². The average Bonchev–Trinajstić information content (AvgIpc) is 2.84. The van der Waals surface area contributed by atoms with Crippen LogP contribution in [-0.4, -0.2) is 4.57 Å². The van der Waals surface area contributed by atoms with Crippen molar-refractivity contribution in [3.05, 3.63) is 53.4 Å². The second-order valence-electron chi connectivity index (χ2n) is 4.05. The maximum atomic E-state index is 13.4. The van der Waals surface area contributed by atoms with Gasteiger partial charge in [0.25, 0.3) is 0 Å². The van der Waals surface area contributed by atoms with Crippen LogP contribution >= 0.6 is 0 Å². The highest BCUT2D eigenvalue weighted by Gasteiger charge is 2.18. The van der Waals surface area contributed by atoms with E-state index in [1.54, 1.807) is 18.5 Å². The van der Waals surface area contributed by atoms with Crippen molar-refractivity contribution in [2.45, 2.75) is 20.0 Å². The molecule has 102 valence electrons. The number of hydrogen-bond acceptors (Lipinski definition) is 1. The van der Waals surface area contributed by atoms with Gasteiger partial charge in [0.15, 0.2) is 23.3 Å². The largest absolute Gasteiger partial charge is 0.376 e. The molecule has 1 N–H and O–H groups in total. The van der Waals surface area contributed by atoms with Crippen molar-refractivity contribution in [2.75, 3.05) is 5.32 Å². The van der Waals surface area contributed by atoms with Gasteiger partial charge < -0.3 is 9.88 Å². The highest BCUT2D eigenvalue weighted by Crippen LogP contribution is 2.24. The molecular formula is C13H12F4N2. The topological polar surface area (TPSA) is 17.0 Å². The molecule has 0 fully saturated rings. The molecule has 0 unspecified atom stereocenters. The molecular weight excluding hydrogens is 260 g/mol. The predicted molar refractivity (Wildman–Crippen MR) is 63.7 cm³/mol. The van der Waals surface area contributed by atoms with E-state index < -0.39 is 29.0 Å². The number of aromatic nitrogens is 1. The van der Waals surface area contributed by atoms with Crippen molar-refractivity contribution in [3.63, 3.8) is 0 Å². The van der Waals surface area contributed by atoms with Crippen LogP contribution in [0.1, 0.15) is 12.5 Å². The summed E-state index contributed by atoms with van der Waals surface area (Å²) in [5.41, 5.74) is -0.0351. The molecule has 1 heterocycles. The van der Waals surface area contributed by atoms with Gasteiger partial charge in [-0.15, -0.1) is 0 Å². The second-order valence-corrected chi connectivity index (χ2v) is 4.05. The molecule has 2 rings (SSSR count). The fourth-order valence-corrected chi connectivity index (χ4v) is 1.71. The molecule has 2 aromatic rings. The van der Waals surface area contributed by atoms with Crippen LogP contribution in [0.4, 0.5) is 23.2 Å². The zero-order chi connectivity index (χ0) is 14.0. The third-order valence-corrected chi connectivity index (χ3v) is 2.76. The van der Waals surface area contributed by atoms with Gasteiger partial charge in [0.2, 0.25) is 0 Å². The first-order chi connectivity index (χ1) is 9.02. The first-order valence-corrected chi connectivity index (χ1v) is 5.74. The van der Waals surface area contributed by atoms with Gasteiger partial charge in [-0.3, -0.25) is 0 Å². The summed E-state index contributed by atoms with van der Waals surface area (Å²) in [6.07, 6.45) is 3.58. The van der Waals surface area contributed by atoms with Crippen LogP contribution < -0.4 is 5.32 Å². The van der Waals surface area contributed by atoms with E-state index in [2.05, 4.69) is 5.32 Å². The monoisotopic (exact) mass is 272 g/mol. The minimum Gasteiger partial charge on any atom is -0.376 e. The molecule has 1 aromatic carbocycles. The molecule has 0 bridgehead atoms. The lowest BCUT2D eigenvalue weighted by Gasteiger charge is -2.09. The van der Waals surface area contributed by atoms with Crippen molar-refractivity contribution in [3.8, 4) is 0 Å². The summed E-state index contributed by atoms with van der Waals surface area (Å²) < 4.78 is 54.6. The van der Waals surface area contributed by atoms with Crippen molar-refractivity contribution in [1.82, 2.24) is 4.57 Å². The van der Waals surface area contributed by atoms with Crippen LogP contribution in [-0.2, 0) is 13.1 Å². The normalized spacial score (nSPS) is 10.8. The van der Waals surface area contributed by atoms with Gasteiger partial charge in [0, 0.05) is 31.5 Å². The predicted octanol–water partition coefficient (Wildman–Crippen LogP) is 3.68. The molecule has 0 saturated heterocycles. The standard InChI is InChI=1S/C13H12F4N2/c1-2-19-4-3-8(7-19)6-18-13-11(16)9(14)5-10(15)12(13)17/h3-5,7,18H,2,6H2,1H3. The van der Waals surface area contributed by atoms with Gasteiger partial charge in [-0.25, -0.2) is 17.6 Å². The van der Waals surface area contributed by atoms with Crippen molar-refractivity contribution in [2.24, 2.45) is 0 Å². The molecule has 0 amide bonds. The molecule has 1 aromatic heterocycles. The maximum absolute atomic E-state index is 13.4. The van der Waals surface area contributed by atoms with E-state index in [-0.39, 0.29) is 12.6 Å². The molecule has 0 aliphatic rings. The smallest absolute Gasteiger partial charge is 0.185 e. The Labute approximate surface area is 107 Å². The third-order valence-electron chi connectivity index (χ3n) is 2.76. The van der Waals surface area contributed by atoms with E-state index in [9.17, 15) is 17.6 Å². The van der Waals surface area contributed by atoms with Gasteiger partial charge in [-0.1, -0.05) is 0 Å². The quantitative estimate of drug-likeness (QED) is 0.663. The molecule has 0 aliphatic heterocycles. The van der Waals surface area contributed by atoms with E-state index in [4.69, 9.17) is 0 Å². The van der Waals surface area contributed by atoms with E-state index in [0.717, 1.165) is 12.1 Å². The van der Waals surface area contributed by atoms with E-state index in [1.807, 2.05) is 11.5 Å². The number of halogens is 4. The van der Waals surface area contributed by atoms with Crippen LogP contribution in [0.25, 0.3) is 0 Å². The molecule has 2 nitrogen and oxygen atoms in total. The minimum atomic E-state index is -1.42. The summed E-state index contributed by atoms with van der Waals surface area (Å²) in [4.78, 5) is 0. The lowest BCUT2D eigenvalue weighted by atomic mass is 10.2. The van der Waals surface area contributed by atoms with Crippen molar-refractivity contribution in [1.29, 1.82) is 0 Å². The number of nitrogens with zero attached hydrogens (tertiary/aromatic N) is 1. The molecule has 6 heteroatoms. The lowest BCUT2D eigenvalue weighted by Crippen LogP contribution is -2.07. The van der Waals surface area contributed by atoms with Crippen molar-refractivity contribution < 1.29 is 17.6 Å². The van der Waals surface area contributed by atoms with Crippen LogP contribution in [0.2, 0.25) is 0 Å². The Hall–Kier alpha value is -1.98. The summed E-state index contributed by atoms with van der Waals surface area (Å²) >= 11 is 0. The van der Waals surface area contributed by atoms with Crippen molar-refractivity contribution >= 4 is 5.69 Å². The Balaban J connectivity index is 2.19. The van der Waals surface area contributed by atoms with Gasteiger partial charge in [-0.05, 0) is 18.6 Å². The number of anilines is 1. The highest BCUT2D eigenvalue weighted by molar-refractivity contribution is 5.47. The van der Waals surface area contributed by atoms with Gasteiger partial charge >= 0.3 is 0 Å². The molecule has 0 saturated carbocycles. The number of aryl methyl sites for hydroxylation is 1. The lowest BCUT2D eigenvalue weighted by molar-refractivity contribution is 0.458. The SMILES string of the molecule is CCn1ccc(CNc2c(F)c(F)cc(F)c2F)c1. The number of hydrogen-bond donors (Lipinski definition) is 1. The first kappa shape index (κ1) is 13.5. The van der Waals surface area contributed by atoms with Crippen LogP contribution in [0.15, 0.2) is 24.5 Å². The average molecular weight is 272 g/mol. The number of rotatable bonds is 4. The van der Waals surface area contributed by atoms with Crippen LogP contribution in [0, 0.1) is 23.3 Å². The molecule has 0 spiro atoms. The molecule has 0 radical (unpaired) electrons. The van der Waals surface area contributed by atoms with Crippen LogP contribution in [0.3, 0.4) is 0 Å². The Morgan fingerprint density at radius 1 is 1.11 bits per heavy atom. The van der Waals surface area contributed by atoms with Gasteiger partial charge in [-0.2, -0.15) is 0 Å². The van der Waals surface area contributed by atoms with E-state index in [0.29, 0.717) is 0 Å². The Kier molecular flexibility index (Phi) is 3.78. The highest BCUT2D eigenvalue weighted by atomic mass is 19.2. The third kappa shape index (κ3) is 2.72. The first-order valence-electron chi connectivity index (χ1n) is 5.74. The van der Waals surface area contributed by atoms with Gasteiger partial charge in [0.05, 0.1) is 0 Å². The van der Waals surface area contributed by atoms with Gasteiger partial charge in [0.1, 0.15) is 5.69 Å². The molecule has 19 heavy (non-hydrogen) atoms.